The van der Waals surface area contributed by atoms with Gasteiger partial charge in [0.05, 0.1) is 34.4 Å². The number of hydrogen-bond acceptors (Lipinski definition) is 7. The quantitative estimate of drug-likeness (QED) is 0.0216. The zero-order valence-corrected chi connectivity index (χ0v) is 32.8. The Morgan fingerprint density at radius 1 is 0.653 bits per heavy atom. The molecule has 284 valence electrons. The first-order valence-corrected chi connectivity index (χ1v) is 20.5. The third-order valence-corrected chi connectivity index (χ3v) is 8.55. The molecule has 9 heteroatoms. The average molecular weight is 710 g/mol. The predicted octanol–water partition coefficient (Wildman–Crippen LogP) is 9.97. The first-order valence-electron chi connectivity index (χ1n) is 19.0. The minimum Gasteiger partial charge on any atom is -0.756 e. The van der Waals surface area contributed by atoms with Crippen LogP contribution in [0.4, 0.5) is 0 Å². The minimum atomic E-state index is -4.53. The van der Waals surface area contributed by atoms with Crippen LogP contribution in [-0.4, -0.2) is 70.7 Å². The van der Waals surface area contributed by atoms with E-state index in [-0.39, 0.29) is 26.2 Å². The van der Waals surface area contributed by atoms with E-state index in [1.807, 2.05) is 21.1 Å². The maximum Gasteiger partial charge on any atom is 0.306 e. The summed E-state index contributed by atoms with van der Waals surface area (Å²) in [6, 6.07) is 0. The van der Waals surface area contributed by atoms with Crippen molar-refractivity contribution >= 4 is 13.8 Å². The van der Waals surface area contributed by atoms with Crippen LogP contribution in [0, 0.1) is 0 Å². The molecule has 0 aliphatic carbocycles. The Balaban J connectivity index is 4.42. The summed E-state index contributed by atoms with van der Waals surface area (Å²) >= 11 is 0. The van der Waals surface area contributed by atoms with Gasteiger partial charge in [0.2, 0.25) is 0 Å². The van der Waals surface area contributed by atoms with E-state index in [2.05, 4.69) is 74.6 Å². The summed E-state index contributed by atoms with van der Waals surface area (Å²) in [6.45, 7) is 5.18. The highest BCUT2D eigenvalue weighted by Crippen LogP contribution is 2.38. The fourth-order valence-electron chi connectivity index (χ4n) is 4.64. The van der Waals surface area contributed by atoms with Crippen molar-refractivity contribution in [2.24, 2.45) is 0 Å². The molecular formula is C40H72NO7P. The molecule has 0 spiro atoms. The number of hydrogen-bond donors (Lipinski definition) is 0. The van der Waals surface area contributed by atoms with E-state index in [1.165, 1.54) is 51.4 Å². The largest absolute Gasteiger partial charge is 0.756 e. The molecule has 2 unspecified atom stereocenters. The van der Waals surface area contributed by atoms with Gasteiger partial charge in [0.1, 0.15) is 19.3 Å². The van der Waals surface area contributed by atoms with Gasteiger partial charge in [0, 0.05) is 13.0 Å². The summed E-state index contributed by atoms with van der Waals surface area (Å²) in [5.74, 6) is -0.393. The molecule has 0 aromatic heterocycles. The normalized spacial score (nSPS) is 14.7. The van der Waals surface area contributed by atoms with Gasteiger partial charge in [0.15, 0.2) is 0 Å². The number of carbonyl (C=O) groups is 1. The molecular weight excluding hydrogens is 637 g/mol. The van der Waals surface area contributed by atoms with Crippen LogP contribution >= 0.6 is 7.82 Å². The Bertz CT molecular complexity index is 968. The van der Waals surface area contributed by atoms with Gasteiger partial charge < -0.3 is 27.9 Å². The van der Waals surface area contributed by atoms with Crippen molar-refractivity contribution < 1.29 is 37.3 Å². The maximum absolute atomic E-state index is 12.6. The monoisotopic (exact) mass is 710 g/mol. The first kappa shape index (κ1) is 47.2. The van der Waals surface area contributed by atoms with Crippen LogP contribution in [0.25, 0.3) is 0 Å². The van der Waals surface area contributed by atoms with Crippen LogP contribution in [0.15, 0.2) is 60.8 Å². The molecule has 0 bridgehead atoms. The van der Waals surface area contributed by atoms with Gasteiger partial charge in [-0.3, -0.25) is 9.36 Å². The first-order chi connectivity index (χ1) is 23.6. The lowest BCUT2D eigenvalue weighted by Crippen LogP contribution is -2.37. The van der Waals surface area contributed by atoms with Gasteiger partial charge in [-0.1, -0.05) is 132 Å². The summed E-state index contributed by atoms with van der Waals surface area (Å²) in [5.41, 5.74) is 0. The van der Waals surface area contributed by atoms with Gasteiger partial charge >= 0.3 is 5.97 Å². The maximum atomic E-state index is 12.6. The number of likely N-dealkylation sites (N-methyl/N-ethyl adjacent to an activating group) is 1. The molecule has 0 N–H and O–H groups in total. The third-order valence-electron chi connectivity index (χ3n) is 7.58. The Morgan fingerprint density at radius 3 is 1.69 bits per heavy atom. The topological polar surface area (TPSA) is 94.1 Å². The molecule has 0 saturated carbocycles. The Morgan fingerprint density at radius 2 is 1.16 bits per heavy atom. The van der Waals surface area contributed by atoms with Gasteiger partial charge in [-0.2, -0.15) is 0 Å². The SMILES string of the molecule is CC/C=C\C/C=C\C/C=C\C/C=C\C/C=C\CCCC(=O)OC(COCCCCCCCCCCCC)COP(=O)([O-])OCC[N+](C)(C)C. The number of ether oxygens (including phenoxy) is 2. The number of nitrogens with zero attached hydrogens (tertiary/aromatic N) is 1. The van der Waals surface area contributed by atoms with Crippen molar-refractivity contribution in [1.82, 2.24) is 0 Å². The van der Waals surface area contributed by atoms with E-state index in [1.54, 1.807) is 0 Å². The van der Waals surface area contributed by atoms with E-state index >= 15 is 0 Å². The van der Waals surface area contributed by atoms with Crippen LogP contribution in [0.1, 0.15) is 129 Å². The summed E-state index contributed by atoms with van der Waals surface area (Å²) in [7, 11) is 1.31. The number of esters is 1. The zero-order chi connectivity index (χ0) is 36.3. The van der Waals surface area contributed by atoms with Crippen LogP contribution in [0.2, 0.25) is 0 Å². The van der Waals surface area contributed by atoms with E-state index in [4.69, 9.17) is 18.5 Å². The second-order valence-electron chi connectivity index (χ2n) is 13.6. The average Bonchev–Trinajstić information content (AvgIpc) is 3.04. The highest BCUT2D eigenvalue weighted by Gasteiger charge is 2.20. The minimum absolute atomic E-state index is 0.0137. The zero-order valence-electron chi connectivity index (χ0n) is 31.9. The molecule has 8 nitrogen and oxygen atoms in total. The highest BCUT2D eigenvalue weighted by molar-refractivity contribution is 7.45. The number of phosphoric acid groups is 1. The molecule has 2 atom stereocenters. The molecule has 0 aromatic carbocycles. The smallest absolute Gasteiger partial charge is 0.306 e. The Kier molecular flexibility index (Phi) is 32.1. The molecule has 0 radical (unpaired) electrons. The van der Waals surface area contributed by atoms with Crippen LogP contribution in [0.3, 0.4) is 0 Å². The van der Waals surface area contributed by atoms with Gasteiger partial charge in [-0.15, -0.1) is 0 Å². The van der Waals surface area contributed by atoms with Gasteiger partial charge in [-0.05, 0) is 51.4 Å². The third kappa shape index (κ3) is 37.3. The Labute approximate surface area is 300 Å². The lowest BCUT2D eigenvalue weighted by molar-refractivity contribution is -0.870. The van der Waals surface area contributed by atoms with Crippen LogP contribution < -0.4 is 4.89 Å². The number of carbonyl (C=O) groups excluding carboxylic acids is 1. The second-order valence-corrected chi connectivity index (χ2v) is 15.0. The summed E-state index contributed by atoms with van der Waals surface area (Å²) < 4.78 is 34.3. The molecule has 0 saturated heterocycles. The number of allylic oxidation sites excluding steroid dienone is 10. The highest BCUT2D eigenvalue weighted by atomic mass is 31.2. The number of phosphoric ester groups is 1. The molecule has 49 heavy (non-hydrogen) atoms. The molecule has 0 amide bonds. The lowest BCUT2D eigenvalue weighted by atomic mass is 10.1. The molecule has 0 heterocycles. The summed E-state index contributed by atoms with van der Waals surface area (Å²) in [4.78, 5) is 24.9. The van der Waals surface area contributed by atoms with Gasteiger partial charge in [-0.25, -0.2) is 0 Å². The van der Waals surface area contributed by atoms with Gasteiger partial charge in [0.25, 0.3) is 7.82 Å². The molecule has 0 aliphatic heterocycles. The van der Waals surface area contributed by atoms with E-state index in [0.717, 1.165) is 51.4 Å². The van der Waals surface area contributed by atoms with Crippen LogP contribution in [-0.2, 0) is 27.9 Å². The van der Waals surface area contributed by atoms with E-state index in [9.17, 15) is 14.3 Å². The predicted molar refractivity (Wildman–Crippen MR) is 203 cm³/mol. The second kappa shape index (κ2) is 33.3. The fourth-order valence-corrected chi connectivity index (χ4v) is 5.37. The number of unbranched alkanes of at least 4 members (excludes halogenated alkanes) is 10. The van der Waals surface area contributed by atoms with Crippen molar-refractivity contribution in [3.05, 3.63) is 60.8 Å². The van der Waals surface area contributed by atoms with E-state index < -0.39 is 19.9 Å². The Hall–Kier alpha value is -1.80. The summed E-state index contributed by atoms with van der Waals surface area (Å²) in [5, 5.41) is 0. The van der Waals surface area contributed by atoms with Crippen molar-refractivity contribution in [3.63, 3.8) is 0 Å². The summed E-state index contributed by atoms with van der Waals surface area (Å²) in [6.07, 6.45) is 39.5. The molecule has 0 fully saturated rings. The van der Waals surface area contributed by atoms with E-state index in [0.29, 0.717) is 24.1 Å². The van der Waals surface area contributed by atoms with Crippen molar-refractivity contribution in [1.29, 1.82) is 0 Å². The molecule has 0 aliphatic rings. The number of rotatable bonds is 34. The van der Waals surface area contributed by atoms with Crippen molar-refractivity contribution in [3.8, 4) is 0 Å². The van der Waals surface area contributed by atoms with Crippen LogP contribution in [0.5, 0.6) is 0 Å². The standard InChI is InChI=1S/C40H72NO7P/c1-6-8-10-12-14-16-18-19-20-21-22-23-24-25-27-29-31-33-40(42)48-39(38-47-49(43,44)46-36-34-41(3,4)5)37-45-35-32-30-28-26-17-15-13-11-9-7-2/h8,10,14,16,19-20,22-23,25,27,39H,6-7,9,11-13,15,17-18,21,24,26,28-38H2,1-5H3/b10-8-,16-14-,20-19-,23-22-,27-25-. The number of quaternary nitrogens is 1. The van der Waals surface area contributed by atoms with Crippen molar-refractivity contribution in [2.45, 2.75) is 136 Å². The molecule has 0 rings (SSSR count). The fraction of sp³-hybridized carbons (Fsp3) is 0.725. The lowest BCUT2D eigenvalue weighted by Gasteiger charge is -2.28. The van der Waals surface area contributed by atoms with Crippen molar-refractivity contribution in [2.75, 3.05) is 54.1 Å². The molecule has 0 aromatic rings.